The second kappa shape index (κ2) is 5.73. The maximum Gasteiger partial charge on any atom is 0.330 e. The van der Waals surface area contributed by atoms with Crippen molar-refractivity contribution in [2.45, 2.75) is 0 Å². The summed E-state index contributed by atoms with van der Waals surface area (Å²) < 4.78 is 4.56. The van der Waals surface area contributed by atoms with E-state index in [0.717, 1.165) is 16.6 Å². The molecule has 5 heteroatoms. The fourth-order valence-electron chi connectivity index (χ4n) is 2.16. The van der Waals surface area contributed by atoms with Gasteiger partial charge in [0.25, 0.3) is 0 Å². The Labute approximate surface area is 126 Å². The molecule has 3 aromatic rings. The van der Waals surface area contributed by atoms with Gasteiger partial charge in [-0.1, -0.05) is 18.2 Å². The lowest BCUT2D eigenvalue weighted by Crippen LogP contribution is -1.93. The fraction of sp³-hybridized carbons (Fsp3) is 0.0588. The van der Waals surface area contributed by atoms with E-state index in [-0.39, 0.29) is 5.75 Å². The number of esters is 1. The number of ether oxygens (including phenoxy) is 1. The molecule has 0 radical (unpaired) electrons. The molecule has 110 valence electrons. The zero-order valence-electron chi connectivity index (χ0n) is 11.9. The predicted molar refractivity (Wildman–Crippen MR) is 84.2 cm³/mol. The van der Waals surface area contributed by atoms with E-state index in [9.17, 15) is 9.90 Å². The summed E-state index contributed by atoms with van der Waals surface area (Å²) in [7, 11) is 1.32. The highest BCUT2D eigenvalue weighted by Crippen LogP contribution is 2.29. The van der Waals surface area contributed by atoms with Crippen molar-refractivity contribution in [3.63, 3.8) is 0 Å². The third-order valence-corrected chi connectivity index (χ3v) is 3.28. The van der Waals surface area contributed by atoms with Gasteiger partial charge in [0.2, 0.25) is 0 Å². The molecule has 1 aromatic heterocycles. The van der Waals surface area contributed by atoms with E-state index >= 15 is 0 Å². The number of nitrogens with one attached hydrogen (secondary N) is 1. The molecule has 1 heterocycles. The Morgan fingerprint density at radius 1 is 1.27 bits per heavy atom. The number of phenolic OH excluding ortho intramolecular Hbond substituents is 1. The van der Waals surface area contributed by atoms with Gasteiger partial charge in [-0.05, 0) is 35.9 Å². The second-order valence-electron chi connectivity index (χ2n) is 4.74. The number of aromatic hydroxyl groups is 1. The van der Waals surface area contributed by atoms with Crippen LogP contribution in [-0.4, -0.2) is 28.2 Å². The predicted octanol–water partition coefficient (Wildman–Crippen LogP) is 3.12. The smallest absolute Gasteiger partial charge is 0.330 e. The second-order valence-corrected chi connectivity index (χ2v) is 4.74. The van der Waals surface area contributed by atoms with Gasteiger partial charge in [0.05, 0.1) is 23.7 Å². The molecule has 0 amide bonds. The van der Waals surface area contributed by atoms with Gasteiger partial charge in [0, 0.05) is 6.08 Å². The summed E-state index contributed by atoms with van der Waals surface area (Å²) in [5.74, 6) is 0.264. The Balaban J connectivity index is 2.02. The summed E-state index contributed by atoms with van der Waals surface area (Å²) in [6.45, 7) is 0. The molecule has 0 saturated carbocycles. The summed E-state index contributed by atoms with van der Waals surface area (Å²) in [5.41, 5.74) is 3.06. The first-order valence-electron chi connectivity index (χ1n) is 6.71. The minimum absolute atomic E-state index is 0.120. The molecule has 0 aliphatic carbocycles. The average molecular weight is 294 g/mol. The van der Waals surface area contributed by atoms with Crippen LogP contribution >= 0.6 is 0 Å². The largest absolute Gasteiger partial charge is 0.507 e. The Morgan fingerprint density at radius 3 is 2.86 bits per heavy atom. The van der Waals surface area contributed by atoms with Gasteiger partial charge in [0.15, 0.2) is 0 Å². The molecule has 5 nitrogen and oxygen atoms in total. The highest BCUT2D eigenvalue weighted by molar-refractivity contribution is 5.87. The number of hydrogen-bond donors (Lipinski definition) is 2. The van der Waals surface area contributed by atoms with E-state index in [1.54, 1.807) is 24.3 Å². The molecular weight excluding hydrogens is 280 g/mol. The molecule has 0 unspecified atom stereocenters. The number of rotatable bonds is 3. The van der Waals surface area contributed by atoms with Crippen molar-refractivity contribution >= 4 is 23.1 Å². The average Bonchev–Trinajstić information content (AvgIpc) is 2.97. The van der Waals surface area contributed by atoms with E-state index in [1.807, 2.05) is 24.3 Å². The van der Waals surface area contributed by atoms with Crippen molar-refractivity contribution in [1.29, 1.82) is 0 Å². The third kappa shape index (κ3) is 2.69. The number of phenols is 1. The van der Waals surface area contributed by atoms with Crippen LogP contribution in [0.15, 0.2) is 48.5 Å². The van der Waals surface area contributed by atoms with Crippen LogP contribution in [0.3, 0.4) is 0 Å². The fourth-order valence-corrected chi connectivity index (χ4v) is 2.16. The molecule has 2 N–H and O–H groups in total. The minimum Gasteiger partial charge on any atom is -0.507 e. The summed E-state index contributed by atoms with van der Waals surface area (Å²) >= 11 is 0. The molecule has 0 aliphatic heterocycles. The van der Waals surface area contributed by atoms with Crippen molar-refractivity contribution in [3.8, 4) is 17.1 Å². The van der Waals surface area contributed by atoms with Gasteiger partial charge in [-0.25, -0.2) is 9.78 Å². The highest BCUT2D eigenvalue weighted by atomic mass is 16.5. The number of methoxy groups -OCH3 is 1. The van der Waals surface area contributed by atoms with Crippen LogP contribution in [0.4, 0.5) is 0 Å². The maximum absolute atomic E-state index is 11.1. The first kappa shape index (κ1) is 13.9. The van der Waals surface area contributed by atoms with E-state index in [2.05, 4.69) is 14.7 Å². The number of fused-ring (bicyclic) bond motifs is 1. The normalized spacial score (nSPS) is 11.1. The zero-order valence-corrected chi connectivity index (χ0v) is 11.9. The van der Waals surface area contributed by atoms with Crippen molar-refractivity contribution in [2.24, 2.45) is 0 Å². The van der Waals surface area contributed by atoms with E-state index < -0.39 is 5.97 Å². The molecule has 0 spiro atoms. The number of benzene rings is 2. The van der Waals surface area contributed by atoms with Gasteiger partial charge in [-0.3, -0.25) is 0 Å². The standard InChI is InChI=1S/C17H14N2O3/c1-22-16(21)9-7-11-6-8-15(20)12(10-11)17-18-13-4-2-3-5-14(13)19-17/h2-10,20H,1H3,(H,18,19). The van der Waals surface area contributed by atoms with Crippen LogP contribution in [0.5, 0.6) is 5.75 Å². The van der Waals surface area contributed by atoms with Gasteiger partial charge in [-0.15, -0.1) is 0 Å². The van der Waals surface area contributed by atoms with E-state index in [0.29, 0.717) is 11.4 Å². The van der Waals surface area contributed by atoms with Crippen LogP contribution in [0.2, 0.25) is 0 Å². The molecule has 3 rings (SSSR count). The monoisotopic (exact) mass is 294 g/mol. The van der Waals surface area contributed by atoms with Crippen LogP contribution in [-0.2, 0) is 9.53 Å². The SMILES string of the molecule is COC(=O)C=Cc1ccc(O)c(-c2nc3ccccc3[nH]2)c1. The van der Waals surface area contributed by atoms with Gasteiger partial charge < -0.3 is 14.8 Å². The van der Waals surface area contributed by atoms with Gasteiger partial charge in [0.1, 0.15) is 11.6 Å². The first-order valence-corrected chi connectivity index (χ1v) is 6.71. The lowest BCUT2D eigenvalue weighted by Gasteiger charge is -2.03. The summed E-state index contributed by atoms with van der Waals surface area (Å²) in [4.78, 5) is 18.8. The Kier molecular flexibility index (Phi) is 3.62. The molecule has 22 heavy (non-hydrogen) atoms. The van der Waals surface area contributed by atoms with Crippen LogP contribution in [0, 0.1) is 0 Å². The number of hydrogen-bond acceptors (Lipinski definition) is 4. The van der Waals surface area contributed by atoms with E-state index in [1.165, 1.54) is 13.2 Å². The summed E-state index contributed by atoms with van der Waals surface area (Å²) in [6, 6.07) is 12.7. The number of aromatic nitrogens is 2. The number of para-hydroxylation sites is 2. The Bertz CT molecular complexity index is 832. The van der Waals surface area contributed by atoms with Crippen molar-refractivity contribution in [1.82, 2.24) is 9.97 Å². The molecule has 0 bridgehead atoms. The summed E-state index contributed by atoms with van der Waals surface area (Å²) in [5, 5.41) is 10.1. The lowest BCUT2D eigenvalue weighted by atomic mass is 10.1. The maximum atomic E-state index is 11.1. The molecular formula is C17H14N2O3. The lowest BCUT2D eigenvalue weighted by molar-refractivity contribution is -0.134. The number of carbonyl (C=O) groups is 1. The zero-order chi connectivity index (χ0) is 15.5. The van der Waals surface area contributed by atoms with Crippen molar-refractivity contribution in [3.05, 3.63) is 54.1 Å². The number of H-pyrrole nitrogens is 1. The summed E-state index contributed by atoms with van der Waals surface area (Å²) in [6.07, 6.45) is 2.95. The number of carbonyl (C=O) groups excluding carboxylic acids is 1. The number of nitrogens with zero attached hydrogens (tertiary/aromatic N) is 1. The minimum atomic E-state index is -0.432. The number of aromatic amines is 1. The molecule has 2 aromatic carbocycles. The van der Waals surface area contributed by atoms with Crippen LogP contribution < -0.4 is 0 Å². The molecule has 0 aliphatic rings. The van der Waals surface area contributed by atoms with Gasteiger partial charge in [-0.2, -0.15) is 0 Å². The third-order valence-electron chi connectivity index (χ3n) is 3.28. The molecule has 0 atom stereocenters. The topological polar surface area (TPSA) is 75.2 Å². The Morgan fingerprint density at radius 2 is 2.09 bits per heavy atom. The number of imidazole rings is 1. The first-order chi connectivity index (χ1) is 10.7. The van der Waals surface area contributed by atoms with Crippen LogP contribution in [0.25, 0.3) is 28.5 Å². The van der Waals surface area contributed by atoms with Crippen molar-refractivity contribution < 1.29 is 14.6 Å². The quantitative estimate of drug-likeness (QED) is 0.575. The van der Waals surface area contributed by atoms with E-state index in [4.69, 9.17) is 0 Å². The highest BCUT2D eigenvalue weighted by Gasteiger charge is 2.10. The molecule has 0 saturated heterocycles. The van der Waals surface area contributed by atoms with Crippen molar-refractivity contribution in [2.75, 3.05) is 7.11 Å². The Hall–Kier alpha value is -3.08. The van der Waals surface area contributed by atoms with Crippen LogP contribution in [0.1, 0.15) is 5.56 Å². The molecule has 0 fully saturated rings. The van der Waals surface area contributed by atoms with Gasteiger partial charge >= 0.3 is 5.97 Å².